The van der Waals surface area contributed by atoms with Gasteiger partial charge in [0.15, 0.2) is 11.6 Å². The number of nitrogens with zero attached hydrogens (tertiary/aromatic N) is 6. The highest BCUT2D eigenvalue weighted by Gasteiger charge is 2.49. The lowest BCUT2D eigenvalue weighted by atomic mass is 9.95. The van der Waals surface area contributed by atoms with Crippen molar-refractivity contribution in [3.8, 4) is 29.0 Å². The van der Waals surface area contributed by atoms with E-state index >= 15 is 13.2 Å². The molecule has 264 valence electrons. The molecule has 2 unspecified atom stereocenters. The van der Waals surface area contributed by atoms with Crippen molar-refractivity contribution in [3.63, 3.8) is 0 Å². The second-order valence-electron chi connectivity index (χ2n) is 13.2. The highest BCUT2D eigenvalue weighted by molar-refractivity contribution is 7.23. The van der Waals surface area contributed by atoms with Gasteiger partial charge in [-0.1, -0.05) is 29.8 Å². The Morgan fingerprint density at radius 1 is 1.22 bits per heavy atom. The molecule has 51 heavy (non-hydrogen) atoms. The number of hydrogen-bond donors (Lipinski definition) is 2. The van der Waals surface area contributed by atoms with Crippen molar-refractivity contribution in [3.05, 3.63) is 58.5 Å². The van der Waals surface area contributed by atoms with Crippen LogP contribution in [0.3, 0.4) is 0 Å². The van der Waals surface area contributed by atoms with Crippen molar-refractivity contribution in [1.29, 1.82) is 5.26 Å². The summed E-state index contributed by atoms with van der Waals surface area (Å²) >= 11 is 8.19. The molecule has 0 radical (unpaired) electrons. The minimum atomic E-state index is -2.97. The second kappa shape index (κ2) is 12.5. The predicted octanol–water partition coefficient (Wildman–Crippen LogP) is 7.28. The van der Waals surface area contributed by atoms with Crippen LogP contribution >= 0.6 is 22.9 Å². The Bertz CT molecular complexity index is 2250. The molecule has 16 heteroatoms. The Labute approximate surface area is 298 Å². The van der Waals surface area contributed by atoms with Crippen LogP contribution in [-0.4, -0.2) is 70.3 Å². The first-order valence-corrected chi connectivity index (χ1v) is 17.6. The average molecular weight is 739 g/mol. The average Bonchev–Trinajstić information content (AvgIpc) is 3.70. The number of ether oxygens (including phenoxy) is 2. The molecule has 10 nitrogen and oxygen atoms in total. The molecule has 0 aliphatic carbocycles. The Hall–Kier alpha value is -4.65. The summed E-state index contributed by atoms with van der Waals surface area (Å²) < 4.78 is 75.1. The van der Waals surface area contributed by atoms with Crippen LogP contribution in [0.1, 0.15) is 43.4 Å². The van der Waals surface area contributed by atoms with E-state index in [0.717, 1.165) is 6.42 Å². The third-order valence-electron chi connectivity index (χ3n) is 10.3. The van der Waals surface area contributed by atoms with E-state index in [1.54, 1.807) is 37.3 Å². The van der Waals surface area contributed by atoms with Crippen LogP contribution in [0, 0.1) is 17.1 Å². The lowest BCUT2D eigenvalue weighted by molar-refractivity contribution is 0.0830. The fourth-order valence-electron chi connectivity index (χ4n) is 8.00. The zero-order chi connectivity index (χ0) is 35.8. The summed E-state index contributed by atoms with van der Waals surface area (Å²) in [6.45, 7) is 2.09. The monoisotopic (exact) mass is 738 g/mol. The van der Waals surface area contributed by atoms with Gasteiger partial charge >= 0.3 is 6.01 Å². The summed E-state index contributed by atoms with van der Waals surface area (Å²) in [6, 6.07) is 7.64. The van der Waals surface area contributed by atoms with Crippen LogP contribution in [0.5, 0.6) is 11.8 Å². The summed E-state index contributed by atoms with van der Waals surface area (Å²) in [5, 5.41) is 10.3. The van der Waals surface area contributed by atoms with Crippen LogP contribution in [0.15, 0.2) is 36.5 Å². The van der Waals surface area contributed by atoms with E-state index in [2.05, 4.69) is 21.0 Å². The number of halogens is 5. The van der Waals surface area contributed by atoms with Gasteiger partial charge in [0.2, 0.25) is 0 Å². The van der Waals surface area contributed by atoms with Gasteiger partial charge in [-0.05, 0) is 44.0 Å². The molecular weight excluding hydrogens is 708 g/mol. The van der Waals surface area contributed by atoms with Gasteiger partial charge in [0, 0.05) is 40.4 Å². The molecule has 3 aliphatic rings. The van der Waals surface area contributed by atoms with Crippen molar-refractivity contribution in [1.82, 2.24) is 19.9 Å². The van der Waals surface area contributed by atoms with Crippen LogP contribution in [0.4, 0.5) is 34.2 Å². The van der Waals surface area contributed by atoms with Crippen LogP contribution in [0.2, 0.25) is 5.02 Å². The molecule has 0 saturated carbocycles. The summed E-state index contributed by atoms with van der Waals surface area (Å²) in [5.41, 5.74) is 12.2. The minimum Gasteiger partial charge on any atom is -0.489 e. The zero-order valence-electron chi connectivity index (χ0n) is 27.2. The van der Waals surface area contributed by atoms with Gasteiger partial charge in [0.1, 0.15) is 53.7 Å². The maximum Gasteiger partial charge on any atom is 0.319 e. The molecule has 4 atom stereocenters. The minimum absolute atomic E-state index is 0.00614. The highest BCUT2D eigenvalue weighted by atomic mass is 35.5. The van der Waals surface area contributed by atoms with E-state index in [9.17, 15) is 9.65 Å². The molecule has 0 amide bonds. The van der Waals surface area contributed by atoms with Crippen LogP contribution in [0.25, 0.3) is 32.1 Å². The molecule has 2 aromatic carbocycles. The normalized spacial score (nSPS) is 22.3. The van der Waals surface area contributed by atoms with Gasteiger partial charge in [-0.3, -0.25) is 4.90 Å². The van der Waals surface area contributed by atoms with E-state index < -0.39 is 42.6 Å². The molecule has 2 fully saturated rings. The molecule has 0 spiro atoms. The van der Waals surface area contributed by atoms with E-state index in [1.807, 2.05) is 4.90 Å². The standard InChI is InChI=1S/C35H31ClF4N8O2S/c1-16(18-6-3-9-44-31(18)42)48-21(30(39)40)14-49-29-25-28(45-34(46-33(25)48)50-15-35-8-4-10-47(35)13-17(37)11-35)27(38)24(26(29)36)19-5-2-7-22-23(19)20(12-41)32(43)51-22/h2-3,5-7,9,16-17,21,30H,4,8,10-11,13-15,43H2,1H3,(H2,42,44)/t16?,17-,21?,35+/m1/s1. The van der Waals surface area contributed by atoms with Gasteiger partial charge < -0.3 is 25.8 Å². The summed E-state index contributed by atoms with van der Waals surface area (Å²) in [7, 11) is 0. The fourth-order valence-corrected chi connectivity index (χ4v) is 9.28. The largest absolute Gasteiger partial charge is 0.489 e. The van der Waals surface area contributed by atoms with E-state index in [-0.39, 0.29) is 80.6 Å². The number of aromatic nitrogens is 3. The van der Waals surface area contributed by atoms with Crippen LogP contribution < -0.4 is 25.8 Å². The van der Waals surface area contributed by atoms with Gasteiger partial charge in [-0.15, -0.1) is 11.3 Å². The van der Waals surface area contributed by atoms with Crippen molar-refractivity contribution >= 4 is 60.6 Å². The summed E-state index contributed by atoms with van der Waals surface area (Å²) in [4.78, 5) is 16.7. The number of nitrogens with two attached hydrogens (primary N) is 2. The third-order valence-corrected chi connectivity index (χ3v) is 11.7. The lowest BCUT2D eigenvalue weighted by Gasteiger charge is -2.36. The Kier molecular flexibility index (Phi) is 8.23. The molecule has 3 aliphatic heterocycles. The first-order valence-electron chi connectivity index (χ1n) is 16.4. The number of thiophene rings is 1. The van der Waals surface area contributed by atoms with Crippen molar-refractivity contribution in [2.45, 2.75) is 56.4 Å². The van der Waals surface area contributed by atoms with Gasteiger partial charge in [0.05, 0.1) is 27.6 Å². The Morgan fingerprint density at radius 2 is 2.04 bits per heavy atom. The first kappa shape index (κ1) is 33.5. The van der Waals surface area contributed by atoms with Crippen molar-refractivity contribution in [2.24, 2.45) is 0 Å². The quantitative estimate of drug-likeness (QED) is 0.164. The van der Waals surface area contributed by atoms with E-state index in [4.69, 9.17) is 32.5 Å². The predicted molar refractivity (Wildman–Crippen MR) is 188 cm³/mol. The number of anilines is 3. The second-order valence-corrected chi connectivity index (χ2v) is 14.6. The van der Waals surface area contributed by atoms with Crippen LogP contribution in [-0.2, 0) is 0 Å². The molecule has 0 bridgehead atoms. The molecular formula is C35H31ClF4N8O2S. The summed E-state index contributed by atoms with van der Waals surface area (Å²) in [5.74, 6) is -1.02. The smallest absolute Gasteiger partial charge is 0.319 e. The number of nitriles is 1. The number of benzene rings is 2. The van der Waals surface area contributed by atoms with E-state index in [1.165, 1.54) is 22.4 Å². The highest BCUT2D eigenvalue weighted by Crippen LogP contribution is 2.52. The van der Waals surface area contributed by atoms with Gasteiger partial charge in [-0.25, -0.2) is 22.5 Å². The SMILES string of the molecule is CC(c1cccnc1N)N1c2nc(OC[C@@]34CCCN3C[C@H](F)C4)nc3c(F)c(-c4cccc5sc(N)c(C#N)c45)c(Cl)c(c23)OCC1C(F)F. The number of pyridine rings is 1. The number of fused-ring (bicyclic) bond motifs is 2. The Balaban J connectivity index is 1.39. The van der Waals surface area contributed by atoms with Crippen molar-refractivity contribution < 1.29 is 27.0 Å². The summed E-state index contributed by atoms with van der Waals surface area (Å²) in [6.07, 6.45) is -0.716. The zero-order valence-corrected chi connectivity index (χ0v) is 28.7. The van der Waals surface area contributed by atoms with E-state index in [0.29, 0.717) is 28.6 Å². The number of alkyl halides is 3. The van der Waals surface area contributed by atoms with Gasteiger partial charge in [0.25, 0.3) is 6.43 Å². The lowest BCUT2D eigenvalue weighted by Crippen LogP contribution is -2.46. The third kappa shape index (κ3) is 5.25. The maximum absolute atomic E-state index is 17.3. The number of rotatable bonds is 7. The molecule has 6 heterocycles. The van der Waals surface area contributed by atoms with Crippen molar-refractivity contribution in [2.75, 3.05) is 42.7 Å². The molecule has 5 aromatic rings. The molecule has 3 aromatic heterocycles. The Morgan fingerprint density at radius 3 is 2.80 bits per heavy atom. The topological polar surface area (TPSA) is 139 Å². The first-order chi connectivity index (χ1) is 24.5. The van der Waals surface area contributed by atoms with Gasteiger partial charge in [-0.2, -0.15) is 15.2 Å². The maximum atomic E-state index is 17.3. The number of nitrogen functional groups attached to an aromatic ring is 2. The molecule has 8 rings (SSSR count). The molecule has 4 N–H and O–H groups in total. The molecule has 2 saturated heterocycles. The number of hydrogen-bond acceptors (Lipinski definition) is 11. The fraction of sp³-hybridized carbons (Fsp3) is 0.371.